The molecule has 0 aliphatic carbocycles. The van der Waals surface area contributed by atoms with Crippen molar-refractivity contribution in [2.24, 2.45) is 0 Å². The van der Waals surface area contributed by atoms with Gasteiger partial charge in [0.25, 0.3) is 11.8 Å². The lowest BCUT2D eigenvalue weighted by molar-refractivity contribution is -0.124. The quantitative estimate of drug-likeness (QED) is 0.182. The van der Waals surface area contributed by atoms with Gasteiger partial charge in [0.05, 0.1) is 25.5 Å². The van der Waals surface area contributed by atoms with Crippen molar-refractivity contribution < 1.29 is 19.1 Å². The number of carbonyl (C=O) groups excluding carboxylic acids is 2. The number of para-hydroxylation sites is 2. The van der Waals surface area contributed by atoms with E-state index in [0.29, 0.717) is 28.3 Å². The highest BCUT2D eigenvalue weighted by atomic mass is 16.5. The third-order valence-corrected chi connectivity index (χ3v) is 7.05. The maximum atomic E-state index is 14.9. The maximum Gasteiger partial charge on any atom is 0.280 e. The standard InChI is InChI=1S/C35H30N2O4/c1-40-30-24-22-28(23-25-30)35(26-14-6-3-7-15-26,27-16-8-4-9-17-27)34(39)36-37(29-18-10-5-11-19-29)33(38)31-20-12-13-21-32(31)41-2/h3-25H,1-2H3,(H,36,39). The molecule has 0 spiro atoms. The highest BCUT2D eigenvalue weighted by molar-refractivity contribution is 6.10. The van der Waals surface area contributed by atoms with Gasteiger partial charge in [0.1, 0.15) is 16.9 Å². The van der Waals surface area contributed by atoms with Gasteiger partial charge in [-0.1, -0.05) is 103 Å². The topological polar surface area (TPSA) is 67.9 Å². The molecule has 2 amide bonds. The Morgan fingerprint density at radius 1 is 0.585 bits per heavy atom. The van der Waals surface area contributed by atoms with Crippen molar-refractivity contribution in [3.8, 4) is 11.5 Å². The zero-order valence-electron chi connectivity index (χ0n) is 22.9. The number of nitrogens with zero attached hydrogens (tertiary/aromatic N) is 1. The lowest BCUT2D eigenvalue weighted by Gasteiger charge is -2.36. The highest BCUT2D eigenvalue weighted by Gasteiger charge is 2.45. The normalized spacial score (nSPS) is 10.9. The Morgan fingerprint density at radius 3 is 1.61 bits per heavy atom. The van der Waals surface area contributed by atoms with Crippen LogP contribution in [0.15, 0.2) is 140 Å². The number of benzene rings is 5. The Labute approximate surface area is 239 Å². The average molecular weight is 543 g/mol. The minimum absolute atomic E-state index is 0.314. The van der Waals surface area contributed by atoms with E-state index < -0.39 is 17.2 Å². The van der Waals surface area contributed by atoms with Crippen molar-refractivity contribution in [3.05, 3.63) is 162 Å². The van der Waals surface area contributed by atoms with Crippen LogP contribution in [-0.2, 0) is 10.2 Å². The molecule has 0 saturated heterocycles. The zero-order chi connectivity index (χ0) is 28.7. The molecule has 6 heteroatoms. The largest absolute Gasteiger partial charge is 0.497 e. The zero-order valence-corrected chi connectivity index (χ0v) is 22.9. The molecule has 0 aromatic heterocycles. The van der Waals surface area contributed by atoms with Crippen LogP contribution in [-0.4, -0.2) is 26.0 Å². The summed E-state index contributed by atoms with van der Waals surface area (Å²) in [6.45, 7) is 0. The summed E-state index contributed by atoms with van der Waals surface area (Å²) >= 11 is 0. The summed E-state index contributed by atoms with van der Waals surface area (Å²) in [5.41, 5.74) is 4.70. The average Bonchev–Trinajstić information content (AvgIpc) is 3.05. The summed E-state index contributed by atoms with van der Waals surface area (Å²) in [6.07, 6.45) is 0. The van der Waals surface area contributed by atoms with Gasteiger partial charge in [-0.3, -0.25) is 15.0 Å². The maximum absolute atomic E-state index is 14.9. The number of carbonyl (C=O) groups is 2. The Balaban J connectivity index is 1.71. The lowest BCUT2D eigenvalue weighted by atomic mass is 9.68. The molecule has 0 bridgehead atoms. The minimum Gasteiger partial charge on any atom is -0.497 e. The summed E-state index contributed by atoms with van der Waals surface area (Å²) in [5.74, 6) is 0.223. The number of nitrogens with one attached hydrogen (secondary N) is 1. The van der Waals surface area contributed by atoms with Crippen molar-refractivity contribution in [1.82, 2.24) is 5.43 Å². The lowest BCUT2D eigenvalue weighted by Crippen LogP contribution is -2.55. The fraction of sp³-hybridized carbons (Fsp3) is 0.0857. The molecule has 0 fully saturated rings. The van der Waals surface area contributed by atoms with E-state index in [4.69, 9.17) is 9.47 Å². The van der Waals surface area contributed by atoms with Gasteiger partial charge in [-0.05, 0) is 53.1 Å². The Bertz CT molecular complexity index is 1570. The molecule has 0 aliphatic rings. The van der Waals surface area contributed by atoms with Crippen LogP contribution in [0.3, 0.4) is 0 Å². The van der Waals surface area contributed by atoms with Gasteiger partial charge >= 0.3 is 0 Å². The van der Waals surface area contributed by atoms with Crippen molar-refractivity contribution in [1.29, 1.82) is 0 Å². The van der Waals surface area contributed by atoms with Crippen LogP contribution in [0.25, 0.3) is 0 Å². The predicted octanol–water partition coefficient (Wildman–Crippen LogP) is 6.42. The second-order valence-electron chi connectivity index (χ2n) is 9.33. The summed E-state index contributed by atoms with van der Waals surface area (Å²) in [5, 5.41) is 1.28. The van der Waals surface area contributed by atoms with Gasteiger partial charge in [0.2, 0.25) is 0 Å². The number of amides is 2. The highest BCUT2D eigenvalue weighted by Crippen LogP contribution is 2.40. The van der Waals surface area contributed by atoms with E-state index >= 15 is 0 Å². The van der Waals surface area contributed by atoms with Gasteiger partial charge in [-0.2, -0.15) is 0 Å². The van der Waals surface area contributed by atoms with Gasteiger partial charge in [0, 0.05) is 0 Å². The van der Waals surface area contributed by atoms with E-state index in [1.807, 2.05) is 103 Å². The van der Waals surface area contributed by atoms with E-state index in [9.17, 15) is 9.59 Å². The predicted molar refractivity (Wildman–Crippen MR) is 160 cm³/mol. The minimum atomic E-state index is -1.32. The van der Waals surface area contributed by atoms with Crippen LogP contribution in [0, 0.1) is 0 Å². The Hall–Kier alpha value is -5.36. The number of rotatable bonds is 8. The molecule has 5 aromatic carbocycles. The number of methoxy groups -OCH3 is 2. The molecule has 5 aromatic rings. The molecule has 6 nitrogen and oxygen atoms in total. The first kappa shape index (κ1) is 27.2. The van der Waals surface area contributed by atoms with Gasteiger partial charge < -0.3 is 9.47 Å². The van der Waals surface area contributed by atoms with Crippen LogP contribution in [0.1, 0.15) is 27.0 Å². The summed E-state index contributed by atoms with van der Waals surface area (Å²) in [7, 11) is 3.11. The monoisotopic (exact) mass is 542 g/mol. The number of anilines is 1. The van der Waals surface area contributed by atoms with Crippen molar-refractivity contribution in [2.45, 2.75) is 5.41 Å². The van der Waals surface area contributed by atoms with E-state index in [0.717, 1.165) is 11.1 Å². The first-order valence-corrected chi connectivity index (χ1v) is 13.2. The second-order valence-corrected chi connectivity index (χ2v) is 9.33. The number of hydrogen-bond donors (Lipinski definition) is 1. The van der Waals surface area contributed by atoms with Crippen LogP contribution in [0.2, 0.25) is 0 Å². The third-order valence-electron chi connectivity index (χ3n) is 7.05. The second kappa shape index (κ2) is 12.2. The Morgan fingerprint density at radius 2 is 1.07 bits per heavy atom. The molecule has 1 N–H and O–H groups in total. The van der Waals surface area contributed by atoms with Crippen LogP contribution in [0.4, 0.5) is 5.69 Å². The summed E-state index contributed by atoms with van der Waals surface area (Å²) in [6, 6.07) is 42.5. The molecular formula is C35H30N2O4. The fourth-order valence-corrected chi connectivity index (χ4v) is 5.05. The molecule has 0 aliphatic heterocycles. The molecule has 0 saturated carbocycles. The third kappa shape index (κ3) is 5.28. The van der Waals surface area contributed by atoms with Gasteiger partial charge in [0.15, 0.2) is 0 Å². The molecule has 41 heavy (non-hydrogen) atoms. The van der Waals surface area contributed by atoms with Crippen molar-refractivity contribution in [2.75, 3.05) is 19.2 Å². The van der Waals surface area contributed by atoms with E-state index in [1.165, 1.54) is 12.1 Å². The first-order chi connectivity index (χ1) is 20.1. The molecule has 0 heterocycles. The molecular weight excluding hydrogens is 512 g/mol. The van der Waals surface area contributed by atoms with Crippen LogP contribution in [0.5, 0.6) is 11.5 Å². The molecule has 5 rings (SSSR count). The number of hydrogen-bond acceptors (Lipinski definition) is 4. The number of ether oxygens (including phenoxy) is 2. The van der Waals surface area contributed by atoms with Gasteiger partial charge in [-0.25, -0.2) is 5.01 Å². The molecule has 0 unspecified atom stereocenters. The first-order valence-electron chi connectivity index (χ1n) is 13.2. The summed E-state index contributed by atoms with van der Waals surface area (Å²) < 4.78 is 10.9. The molecule has 0 atom stereocenters. The van der Waals surface area contributed by atoms with Crippen molar-refractivity contribution in [3.63, 3.8) is 0 Å². The van der Waals surface area contributed by atoms with E-state index in [-0.39, 0.29) is 0 Å². The van der Waals surface area contributed by atoms with Gasteiger partial charge in [-0.15, -0.1) is 0 Å². The van der Waals surface area contributed by atoms with Crippen molar-refractivity contribution >= 4 is 17.5 Å². The SMILES string of the molecule is COc1ccc(C(C(=O)NN(C(=O)c2ccccc2OC)c2ccccc2)(c2ccccc2)c2ccccc2)cc1. The van der Waals surface area contributed by atoms with Crippen LogP contribution >= 0.6 is 0 Å². The van der Waals surface area contributed by atoms with E-state index in [1.54, 1.807) is 43.5 Å². The number of hydrazine groups is 1. The summed E-state index contributed by atoms with van der Waals surface area (Å²) in [4.78, 5) is 29.0. The molecule has 0 radical (unpaired) electrons. The Kier molecular flexibility index (Phi) is 8.11. The fourth-order valence-electron chi connectivity index (χ4n) is 5.05. The van der Waals surface area contributed by atoms with Crippen LogP contribution < -0.4 is 19.9 Å². The van der Waals surface area contributed by atoms with E-state index in [2.05, 4.69) is 5.43 Å². The smallest absolute Gasteiger partial charge is 0.280 e. The molecule has 204 valence electrons.